The molecule has 1 N–H and O–H groups in total. The molecule has 0 saturated carbocycles. The Kier molecular flexibility index (Phi) is 5.17. The standard InChI is InChI=1S/C16H22N2O5S/c1-5-17-15(19)11(3)23-16(20)12-6-7-14-13(9-12)8-10(2)18(14)24(4,21)22/h6-7,9-11H,5,8H2,1-4H3,(H,17,19)/t10-,11+/m0/s1. The van der Waals surface area contributed by atoms with Gasteiger partial charge in [-0.25, -0.2) is 13.2 Å². The zero-order valence-corrected chi connectivity index (χ0v) is 15.0. The molecule has 0 radical (unpaired) electrons. The molecular weight excluding hydrogens is 332 g/mol. The number of hydrogen-bond acceptors (Lipinski definition) is 5. The number of carbonyl (C=O) groups is 2. The van der Waals surface area contributed by atoms with Crippen LogP contribution in [0.25, 0.3) is 0 Å². The molecule has 24 heavy (non-hydrogen) atoms. The van der Waals surface area contributed by atoms with Crippen LogP contribution in [-0.2, 0) is 26.0 Å². The van der Waals surface area contributed by atoms with E-state index >= 15 is 0 Å². The highest BCUT2D eigenvalue weighted by molar-refractivity contribution is 7.92. The highest BCUT2D eigenvalue weighted by atomic mass is 32.2. The molecule has 2 rings (SSSR count). The fourth-order valence-corrected chi connectivity index (χ4v) is 4.10. The van der Waals surface area contributed by atoms with Crippen molar-refractivity contribution in [3.63, 3.8) is 0 Å². The maximum absolute atomic E-state index is 12.2. The second-order valence-corrected chi connectivity index (χ2v) is 7.76. The van der Waals surface area contributed by atoms with E-state index in [0.717, 1.165) is 11.8 Å². The van der Waals surface area contributed by atoms with Crippen LogP contribution in [0.2, 0.25) is 0 Å². The molecule has 0 aromatic heterocycles. The number of fused-ring (bicyclic) bond motifs is 1. The van der Waals surface area contributed by atoms with Crippen molar-refractivity contribution in [3.05, 3.63) is 29.3 Å². The van der Waals surface area contributed by atoms with Gasteiger partial charge < -0.3 is 10.1 Å². The Morgan fingerprint density at radius 3 is 2.67 bits per heavy atom. The highest BCUT2D eigenvalue weighted by Crippen LogP contribution is 2.34. The molecule has 1 heterocycles. The minimum atomic E-state index is -3.37. The first-order valence-corrected chi connectivity index (χ1v) is 9.61. The average molecular weight is 354 g/mol. The molecule has 1 amide bonds. The van der Waals surface area contributed by atoms with Gasteiger partial charge in [-0.15, -0.1) is 0 Å². The van der Waals surface area contributed by atoms with Crippen LogP contribution < -0.4 is 9.62 Å². The second-order valence-electron chi connectivity index (χ2n) is 5.90. The third kappa shape index (κ3) is 3.69. The molecule has 7 nitrogen and oxygen atoms in total. The molecule has 8 heteroatoms. The van der Waals surface area contributed by atoms with Crippen LogP contribution >= 0.6 is 0 Å². The van der Waals surface area contributed by atoms with Crippen molar-refractivity contribution in [2.24, 2.45) is 0 Å². The van der Waals surface area contributed by atoms with Crippen molar-refractivity contribution in [1.82, 2.24) is 5.32 Å². The summed E-state index contributed by atoms with van der Waals surface area (Å²) in [5, 5.41) is 2.58. The van der Waals surface area contributed by atoms with E-state index < -0.39 is 22.1 Å². The van der Waals surface area contributed by atoms with Crippen molar-refractivity contribution in [2.75, 3.05) is 17.1 Å². The summed E-state index contributed by atoms with van der Waals surface area (Å²) >= 11 is 0. The van der Waals surface area contributed by atoms with Gasteiger partial charge in [0.15, 0.2) is 6.10 Å². The summed E-state index contributed by atoms with van der Waals surface area (Å²) in [7, 11) is -3.37. The fraction of sp³-hybridized carbons (Fsp3) is 0.500. The minimum absolute atomic E-state index is 0.199. The number of nitrogens with one attached hydrogen (secondary N) is 1. The summed E-state index contributed by atoms with van der Waals surface area (Å²) in [5.74, 6) is -0.967. The van der Waals surface area contributed by atoms with Crippen molar-refractivity contribution in [2.45, 2.75) is 39.3 Å². The van der Waals surface area contributed by atoms with Crippen molar-refractivity contribution in [3.8, 4) is 0 Å². The van der Waals surface area contributed by atoms with Crippen LogP contribution in [-0.4, -0.2) is 45.2 Å². The van der Waals surface area contributed by atoms with E-state index in [1.165, 1.54) is 17.3 Å². The fourth-order valence-electron chi connectivity index (χ4n) is 2.84. The number of anilines is 1. The van der Waals surface area contributed by atoms with E-state index in [1.807, 2.05) is 6.92 Å². The molecule has 0 aliphatic carbocycles. The normalized spacial score (nSPS) is 18.0. The molecule has 132 valence electrons. The monoisotopic (exact) mass is 354 g/mol. The summed E-state index contributed by atoms with van der Waals surface area (Å²) in [4.78, 5) is 23.8. The maximum atomic E-state index is 12.2. The molecule has 1 aromatic rings. The summed E-state index contributed by atoms with van der Waals surface area (Å²) in [5.41, 5.74) is 1.65. The summed E-state index contributed by atoms with van der Waals surface area (Å²) < 4.78 is 30.3. The van der Waals surface area contributed by atoms with Gasteiger partial charge in [-0.3, -0.25) is 9.10 Å². The molecular formula is C16H22N2O5S. The number of benzene rings is 1. The first kappa shape index (κ1) is 18.3. The first-order chi connectivity index (χ1) is 11.1. The van der Waals surface area contributed by atoms with Crippen LogP contribution in [0.5, 0.6) is 0 Å². The summed E-state index contributed by atoms with van der Waals surface area (Å²) in [6.07, 6.45) is 0.793. The van der Waals surface area contributed by atoms with E-state index in [2.05, 4.69) is 5.32 Å². The quantitative estimate of drug-likeness (QED) is 0.799. The number of carbonyl (C=O) groups excluding carboxylic acids is 2. The van der Waals surface area contributed by atoms with Gasteiger partial charge in [0.05, 0.1) is 17.5 Å². The Labute approximate surface area is 142 Å². The number of esters is 1. The van der Waals surface area contributed by atoms with E-state index in [1.54, 1.807) is 19.1 Å². The molecule has 0 bridgehead atoms. The number of rotatable bonds is 5. The predicted molar refractivity (Wildman–Crippen MR) is 90.5 cm³/mol. The Bertz CT molecular complexity index is 760. The number of nitrogens with zero attached hydrogens (tertiary/aromatic N) is 1. The largest absolute Gasteiger partial charge is 0.449 e. The van der Waals surface area contributed by atoms with Gasteiger partial charge in [-0.05, 0) is 51.0 Å². The van der Waals surface area contributed by atoms with Gasteiger partial charge in [-0.1, -0.05) is 0 Å². The third-order valence-electron chi connectivity index (χ3n) is 3.83. The third-order valence-corrected chi connectivity index (χ3v) is 5.10. The van der Waals surface area contributed by atoms with E-state index in [4.69, 9.17) is 4.74 Å². The number of ether oxygens (including phenoxy) is 1. The molecule has 1 aliphatic rings. The van der Waals surface area contributed by atoms with Crippen molar-refractivity contribution in [1.29, 1.82) is 0 Å². The maximum Gasteiger partial charge on any atom is 0.338 e. The zero-order chi connectivity index (χ0) is 18.1. The van der Waals surface area contributed by atoms with Crippen molar-refractivity contribution < 1.29 is 22.7 Å². The number of likely N-dealkylation sites (N-methyl/N-ethyl adjacent to an activating group) is 1. The lowest BCUT2D eigenvalue weighted by atomic mass is 10.1. The second kappa shape index (κ2) is 6.80. The molecule has 0 spiro atoms. The molecule has 0 saturated heterocycles. The van der Waals surface area contributed by atoms with Crippen LogP contribution in [0.1, 0.15) is 36.7 Å². The zero-order valence-electron chi connectivity index (χ0n) is 14.2. The lowest BCUT2D eigenvalue weighted by Gasteiger charge is -2.22. The molecule has 0 fully saturated rings. The Balaban J connectivity index is 2.20. The summed E-state index contributed by atoms with van der Waals surface area (Å²) in [6.45, 7) is 5.56. The first-order valence-electron chi connectivity index (χ1n) is 7.76. The molecule has 0 unspecified atom stereocenters. The average Bonchev–Trinajstić information content (AvgIpc) is 2.81. The predicted octanol–water partition coefficient (Wildman–Crippen LogP) is 1.08. The van der Waals surface area contributed by atoms with Gasteiger partial charge in [0.1, 0.15) is 0 Å². The number of hydrogen-bond donors (Lipinski definition) is 1. The lowest BCUT2D eigenvalue weighted by Crippen LogP contribution is -2.35. The lowest BCUT2D eigenvalue weighted by molar-refractivity contribution is -0.128. The van der Waals surface area contributed by atoms with E-state index in [9.17, 15) is 18.0 Å². The van der Waals surface area contributed by atoms with E-state index in [0.29, 0.717) is 24.2 Å². The minimum Gasteiger partial charge on any atom is -0.449 e. The van der Waals surface area contributed by atoms with Gasteiger partial charge >= 0.3 is 5.97 Å². The van der Waals surface area contributed by atoms with Gasteiger partial charge in [0.2, 0.25) is 10.0 Å². The van der Waals surface area contributed by atoms with Gasteiger partial charge in [0, 0.05) is 12.6 Å². The van der Waals surface area contributed by atoms with Gasteiger partial charge in [0.25, 0.3) is 5.91 Å². The Morgan fingerprint density at radius 2 is 2.08 bits per heavy atom. The van der Waals surface area contributed by atoms with E-state index in [-0.39, 0.29) is 11.9 Å². The Morgan fingerprint density at radius 1 is 1.42 bits per heavy atom. The summed E-state index contributed by atoms with van der Waals surface area (Å²) in [6, 6.07) is 4.55. The highest BCUT2D eigenvalue weighted by Gasteiger charge is 2.33. The smallest absolute Gasteiger partial charge is 0.338 e. The topological polar surface area (TPSA) is 92.8 Å². The van der Waals surface area contributed by atoms with Crippen LogP contribution in [0.15, 0.2) is 18.2 Å². The van der Waals surface area contributed by atoms with Gasteiger partial charge in [-0.2, -0.15) is 0 Å². The SMILES string of the molecule is CCNC(=O)[C@@H](C)OC(=O)c1ccc2c(c1)C[C@H](C)N2S(C)(=O)=O. The van der Waals surface area contributed by atoms with Crippen LogP contribution in [0, 0.1) is 0 Å². The van der Waals surface area contributed by atoms with Crippen LogP contribution in [0.4, 0.5) is 5.69 Å². The van der Waals surface area contributed by atoms with Crippen molar-refractivity contribution >= 4 is 27.6 Å². The Hall–Kier alpha value is -2.09. The molecule has 2 atom stereocenters. The number of sulfonamides is 1. The molecule has 1 aromatic carbocycles. The van der Waals surface area contributed by atoms with Crippen LogP contribution in [0.3, 0.4) is 0 Å². The molecule has 1 aliphatic heterocycles. The number of amides is 1.